The molecule has 0 heterocycles. The van der Waals surface area contributed by atoms with Gasteiger partial charge in [-0.05, 0) is 54.5 Å². The molecule has 1 N–H and O–H groups in total. The second kappa shape index (κ2) is 6.94. The molecule has 0 saturated heterocycles. The van der Waals surface area contributed by atoms with E-state index in [1.54, 1.807) is 0 Å². The van der Waals surface area contributed by atoms with Crippen molar-refractivity contribution in [3.63, 3.8) is 0 Å². The molecule has 0 amide bonds. The van der Waals surface area contributed by atoms with Crippen LogP contribution in [-0.2, 0) is 18.3 Å². The van der Waals surface area contributed by atoms with Crippen molar-refractivity contribution in [3.05, 3.63) is 34.9 Å². The minimum atomic E-state index is 0.262. The van der Waals surface area contributed by atoms with Crippen molar-refractivity contribution in [2.75, 3.05) is 13.1 Å². The second-order valence-electron chi connectivity index (χ2n) is 5.68. The van der Waals surface area contributed by atoms with E-state index in [1.807, 2.05) is 0 Å². The smallest absolute Gasteiger partial charge is 0.00407 e. The Morgan fingerprint density at radius 1 is 1.00 bits per heavy atom. The Morgan fingerprint density at radius 2 is 1.67 bits per heavy atom. The second-order valence-corrected chi connectivity index (χ2v) is 5.68. The van der Waals surface area contributed by atoms with Gasteiger partial charge in [-0.25, -0.2) is 0 Å². The third kappa shape index (κ3) is 3.84. The van der Waals surface area contributed by atoms with Crippen molar-refractivity contribution < 1.29 is 0 Å². The van der Waals surface area contributed by atoms with Gasteiger partial charge in [0.25, 0.3) is 0 Å². The SMILES string of the molecule is CCNCCC(C)(C)c1ccc(CC)c(CC)c1. The molecule has 102 valence electrons. The normalized spacial score (nSPS) is 11.8. The lowest BCUT2D eigenvalue weighted by Gasteiger charge is -2.26. The van der Waals surface area contributed by atoms with Crippen LogP contribution in [0.1, 0.15) is 57.7 Å². The zero-order chi connectivity index (χ0) is 13.6. The van der Waals surface area contributed by atoms with Gasteiger partial charge in [0.1, 0.15) is 0 Å². The highest BCUT2D eigenvalue weighted by Gasteiger charge is 2.20. The van der Waals surface area contributed by atoms with Gasteiger partial charge >= 0.3 is 0 Å². The van der Waals surface area contributed by atoms with E-state index >= 15 is 0 Å². The molecular formula is C17H29N. The van der Waals surface area contributed by atoms with E-state index in [9.17, 15) is 0 Å². The monoisotopic (exact) mass is 247 g/mol. The molecule has 0 aliphatic rings. The van der Waals surface area contributed by atoms with Gasteiger partial charge in [-0.15, -0.1) is 0 Å². The molecule has 1 aromatic rings. The summed E-state index contributed by atoms with van der Waals surface area (Å²) in [6, 6.07) is 7.07. The van der Waals surface area contributed by atoms with E-state index in [0.29, 0.717) is 0 Å². The van der Waals surface area contributed by atoms with Gasteiger partial charge in [0.2, 0.25) is 0 Å². The summed E-state index contributed by atoms with van der Waals surface area (Å²) in [6.07, 6.45) is 3.47. The van der Waals surface area contributed by atoms with Crippen LogP contribution >= 0.6 is 0 Å². The maximum atomic E-state index is 3.43. The third-order valence-corrected chi connectivity index (χ3v) is 3.93. The van der Waals surface area contributed by atoms with E-state index in [-0.39, 0.29) is 5.41 Å². The first kappa shape index (κ1) is 15.2. The van der Waals surface area contributed by atoms with Gasteiger partial charge in [-0.1, -0.05) is 52.8 Å². The Balaban J connectivity index is 2.87. The molecule has 0 fully saturated rings. The minimum Gasteiger partial charge on any atom is -0.317 e. The highest BCUT2D eigenvalue weighted by Crippen LogP contribution is 2.28. The predicted molar refractivity (Wildman–Crippen MR) is 81.4 cm³/mol. The van der Waals surface area contributed by atoms with Crippen molar-refractivity contribution >= 4 is 0 Å². The minimum absolute atomic E-state index is 0.262. The standard InChI is InChI=1S/C17H29N/c1-6-14-9-10-16(13-15(14)7-2)17(4,5)11-12-18-8-3/h9-10,13,18H,6-8,11-12H2,1-5H3. The summed E-state index contributed by atoms with van der Waals surface area (Å²) in [6.45, 7) is 13.5. The first-order chi connectivity index (χ1) is 8.55. The lowest BCUT2D eigenvalue weighted by atomic mass is 9.80. The van der Waals surface area contributed by atoms with Crippen LogP contribution in [0.4, 0.5) is 0 Å². The summed E-state index contributed by atoms with van der Waals surface area (Å²) in [4.78, 5) is 0. The third-order valence-electron chi connectivity index (χ3n) is 3.93. The maximum absolute atomic E-state index is 3.43. The topological polar surface area (TPSA) is 12.0 Å². The van der Waals surface area contributed by atoms with E-state index in [0.717, 1.165) is 25.9 Å². The van der Waals surface area contributed by atoms with Crippen LogP contribution in [0.2, 0.25) is 0 Å². The fourth-order valence-corrected chi connectivity index (χ4v) is 2.44. The fraction of sp³-hybridized carbons (Fsp3) is 0.647. The van der Waals surface area contributed by atoms with E-state index in [1.165, 1.54) is 23.1 Å². The number of aryl methyl sites for hydroxylation is 2. The van der Waals surface area contributed by atoms with Gasteiger partial charge in [0, 0.05) is 0 Å². The summed E-state index contributed by atoms with van der Waals surface area (Å²) in [7, 11) is 0. The molecule has 1 nitrogen and oxygen atoms in total. The summed E-state index contributed by atoms with van der Waals surface area (Å²) in [5, 5.41) is 3.43. The quantitative estimate of drug-likeness (QED) is 0.716. The molecule has 0 aliphatic heterocycles. The van der Waals surface area contributed by atoms with Crippen molar-refractivity contribution in [2.24, 2.45) is 0 Å². The highest BCUT2D eigenvalue weighted by molar-refractivity contribution is 5.35. The molecule has 0 bridgehead atoms. The first-order valence-electron chi connectivity index (χ1n) is 7.38. The van der Waals surface area contributed by atoms with Crippen LogP contribution in [0.3, 0.4) is 0 Å². The average molecular weight is 247 g/mol. The van der Waals surface area contributed by atoms with Crippen LogP contribution in [0.5, 0.6) is 0 Å². The molecule has 18 heavy (non-hydrogen) atoms. The van der Waals surface area contributed by atoms with Crippen LogP contribution in [0.15, 0.2) is 18.2 Å². The van der Waals surface area contributed by atoms with E-state index in [4.69, 9.17) is 0 Å². The maximum Gasteiger partial charge on any atom is -0.00407 e. The van der Waals surface area contributed by atoms with Gasteiger partial charge in [-0.3, -0.25) is 0 Å². The zero-order valence-electron chi connectivity index (χ0n) is 12.8. The predicted octanol–water partition coefficient (Wildman–Crippen LogP) is 4.09. The van der Waals surface area contributed by atoms with Gasteiger partial charge in [0.15, 0.2) is 0 Å². The molecule has 0 aromatic heterocycles. The van der Waals surface area contributed by atoms with Crippen LogP contribution in [0, 0.1) is 0 Å². The largest absolute Gasteiger partial charge is 0.317 e. The average Bonchev–Trinajstić information content (AvgIpc) is 2.38. The molecule has 1 rings (SSSR count). The lowest BCUT2D eigenvalue weighted by Crippen LogP contribution is -2.25. The molecule has 0 radical (unpaired) electrons. The van der Waals surface area contributed by atoms with Gasteiger partial charge in [0.05, 0.1) is 0 Å². The Hall–Kier alpha value is -0.820. The summed E-state index contributed by atoms with van der Waals surface area (Å²) >= 11 is 0. The molecule has 0 saturated carbocycles. The fourth-order valence-electron chi connectivity index (χ4n) is 2.44. The van der Waals surface area contributed by atoms with Gasteiger partial charge < -0.3 is 5.32 Å². The Kier molecular flexibility index (Phi) is 5.87. The lowest BCUT2D eigenvalue weighted by molar-refractivity contribution is 0.460. The van der Waals surface area contributed by atoms with E-state index < -0.39 is 0 Å². The number of rotatable bonds is 7. The molecular weight excluding hydrogens is 218 g/mol. The number of hydrogen-bond acceptors (Lipinski definition) is 1. The number of nitrogens with one attached hydrogen (secondary N) is 1. The van der Waals surface area contributed by atoms with Crippen molar-refractivity contribution in [2.45, 2.75) is 59.3 Å². The summed E-state index contributed by atoms with van der Waals surface area (Å²) in [5.41, 5.74) is 4.77. The molecule has 0 unspecified atom stereocenters. The van der Waals surface area contributed by atoms with Crippen LogP contribution < -0.4 is 5.32 Å². The first-order valence-corrected chi connectivity index (χ1v) is 7.38. The van der Waals surface area contributed by atoms with E-state index in [2.05, 4.69) is 58.1 Å². The van der Waals surface area contributed by atoms with Crippen molar-refractivity contribution in [1.82, 2.24) is 5.32 Å². The van der Waals surface area contributed by atoms with Gasteiger partial charge in [-0.2, -0.15) is 0 Å². The molecule has 1 heteroatoms. The summed E-state index contributed by atoms with van der Waals surface area (Å²) < 4.78 is 0. The number of benzene rings is 1. The van der Waals surface area contributed by atoms with Crippen molar-refractivity contribution in [1.29, 1.82) is 0 Å². The Morgan fingerprint density at radius 3 is 2.22 bits per heavy atom. The summed E-state index contributed by atoms with van der Waals surface area (Å²) in [5.74, 6) is 0. The molecule has 0 spiro atoms. The Labute approximate surface area is 113 Å². The highest BCUT2D eigenvalue weighted by atomic mass is 14.8. The molecule has 1 aromatic carbocycles. The number of hydrogen-bond donors (Lipinski definition) is 1. The van der Waals surface area contributed by atoms with Crippen LogP contribution in [-0.4, -0.2) is 13.1 Å². The van der Waals surface area contributed by atoms with Crippen LogP contribution in [0.25, 0.3) is 0 Å². The molecule has 0 atom stereocenters. The van der Waals surface area contributed by atoms with Crippen molar-refractivity contribution in [3.8, 4) is 0 Å². The zero-order valence-corrected chi connectivity index (χ0v) is 12.8. The molecule has 0 aliphatic carbocycles. The Bertz CT molecular complexity index is 366.